The van der Waals surface area contributed by atoms with Gasteiger partial charge in [0.15, 0.2) is 0 Å². The van der Waals surface area contributed by atoms with Crippen LogP contribution in [0.1, 0.15) is 20.7 Å². The molecule has 0 saturated carbocycles. The molecule has 1 amide bonds. The second-order valence-corrected chi connectivity index (χ2v) is 4.15. The summed E-state index contributed by atoms with van der Waals surface area (Å²) >= 11 is 0. The highest BCUT2D eigenvalue weighted by molar-refractivity contribution is 5.98. The van der Waals surface area contributed by atoms with Gasteiger partial charge in [0.05, 0.1) is 5.56 Å². The van der Waals surface area contributed by atoms with Crippen molar-refractivity contribution in [1.82, 2.24) is 5.32 Å². The van der Waals surface area contributed by atoms with Crippen LogP contribution in [-0.4, -0.2) is 24.0 Å². The number of benzene rings is 2. The Kier molecular flexibility index (Phi) is 3.79. The zero-order valence-corrected chi connectivity index (χ0v) is 10.7. The number of carbonyl (C=O) groups is 2. The SMILES string of the molecule is CNC(=O)c1cccc(-c2cc(F)ccc2C(=O)O)c1. The summed E-state index contributed by atoms with van der Waals surface area (Å²) in [7, 11) is 1.50. The summed E-state index contributed by atoms with van der Waals surface area (Å²) in [6, 6.07) is 9.83. The minimum absolute atomic E-state index is 0.0135. The van der Waals surface area contributed by atoms with Gasteiger partial charge < -0.3 is 10.4 Å². The molecule has 0 spiro atoms. The van der Waals surface area contributed by atoms with Crippen LogP contribution < -0.4 is 5.32 Å². The Balaban J connectivity index is 2.59. The molecule has 0 radical (unpaired) electrons. The maximum atomic E-state index is 13.3. The van der Waals surface area contributed by atoms with Gasteiger partial charge in [0.2, 0.25) is 0 Å². The van der Waals surface area contributed by atoms with E-state index in [4.69, 9.17) is 5.11 Å². The number of amides is 1. The third-order valence-electron chi connectivity index (χ3n) is 2.87. The lowest BCUT2D eigenvalue weighted by atomic mass is 9.98. The quantitative estimate of drug-likeness (QED) is 0.903. The van der Waals surface area contributed by atoms with Gasteiger partial charge in [0.1, 0.15) is 5.82 Å². The number of hydrogen-bond donors (Lipinski definition) is 2. The van der Waals surface area contributed by atoms with E-state index in [1.54, 1.807) is 18.2 Å². The van der Waals surface area contributed by atoms with Crippen molar-refractivity contribution in [2.75, 3.05) is 7.05 Å². The molecular weight excluding hydrogens is 261 g/mol. The molecule has 2 aromatic rings. The minimum atomic E-state index is -1.15. The molecule has 2 rings (SSSR count). The second-order valence-electron chi connectivity index (χ2n) is 4.15. The molecule has 0 aliphatic rings. The van der Waals surface area contributed by atoms with Crippen LogP contribution in [0.2, 0.25) is 0 Å². The molecule has 0 bridgehead atoms. The molecule has 0 unspecified atom stereocenters. The number of aromatic carboxylic acids is 1. The van der Waals surface area contributed by atoms with Crippen LogP contribution in [-0.2, 0) is 0 Å². The van der Waals surface area contributed by atoms with Crippen molar-refractivity contribution in [3.8, 4) is 11.1 Å². The number of halogens is 1. The summed E-state index contributed by atoms with van der Waals surface area (Å²) in [6.07, 6.45) is 0. The van der Waals surface area contributed by atoms with Crippen LogP contribution >= 0.6 is 0 Å². The minimum Gasteiger partial charge on any atom is -0.478 e. The normalized spacial score (nSPS) is 10.1. The average Bonchev–Trinajstić information content (AvgIpc) is 2.46. The van der Waals surface area contributed by atoms with Crippen molar-refractivity contribution in [1.29, 1.82) is 0 Å². The molecule has 0 saturated heterocycles. The number of carbonyl (C=O) groups excluding carboxylic acids is 1. The first-order chi connectivity index (χ1) is 9.52. The third kappa shape index (κ3) is 2.66. The zero-order chi connectivity index (χ0) is 14.7. The van der Waals surface area contributed by atoms with Crippen molar-refractivity contribution >= 4 is 11.9 Å². The smallest absolute Gasteiger partial charge is 0.336 e. The number of carboxylic acids is 1. The van der Waals surface area contributed by atoms with Crippen LogP contribution in [0.25, 0.3) is 11.1 Å². The van der Waals surface area contributed by atoms with Gasteiger partial charge >= 0.3 is 5.97 Å². The van der Waals surface area contributed by atoms with Gasteiger partial charge in [-0.1, -0.05) is 12.1 Å². The molecule has 102 valence electrons. The van der Waals surface area contributed by atoms with E-state index in [0.717, 1.165) is 12.1 Å². The maximum absolute atomic E-state index is 13.3. The summed E-state index contributed by atoms with van der Waals surface area (Å²) in [5, 5.41) is 11.6. The third-order valence-corrected chi connectivity index (χ3v) is 2.87. The number of rotatable bonds is 3. The van der Waals surface area contributed by atoms with Crippen LogP contribution in [0, 0.1) is 5.82 Å². The average molecular weight is 273 g/mol. The predicted molar refractivity (Wildman–Crippen MR) is 72.2 cm³/mol. The van der Waals surface area contributed by atoms with E-state index in [1.807, 2.05) is 0 Å². The molecule has 20 heavy (non-hydrogen) atoms. The molecule has 0 heterocycles. The monoisotopic (exact) mass is 273 g/mol. The molecule has 0 aromatic heterocycles. The summed E-state index contributed by atoms with van der Waals surface area (Å²) < 4.78 is 13.3. The van der Waals surface area contributed by atoms with Gasteiger partial charge in [-0.2, -0.15) is 0 Å². The van der Waals surface area contributed by atoms with Gasteiger partial charge in [-0.3, -0.25) is 4.79 Å². The molecule has 0 aliphatic heterocycles. The van der Waals surface area contributed by atoms with Crippen LogP contribution in [0.4, 0.5) is 4.39 Å². The first-order valence-corrected chi connectivity index (χ1v) is 5.88. The van der Waals surface area contributed by atoms with Gasteiger partial charge in [-0.15, -0.1) is 0 Å². The van der Waals surface area contributed by atoms with Crippen molar-refractivity contribution in [2.45, 2.75) is 0 Å². The lowest BCUT2D eigenvalue weighted by Crippen LogP contribution is -2.17. The van der Waals surface area contributed by atoms with Crippen LogP contribution in [0.3, 0.4) is 0 Å². The Morgan fingerprint density at radius 1 is 1.15 bits per heavy atom. The molecule has 0 aliphatic carbocycles. The first kappa shape index (κ1) is 13.7. The Labute approximate surface area is 114 Å². The maximum Gasteiger partial charge on any atom is 0.336 e. The molecule has 0 atom stereocenters. The fourth-order valence-electron chi connectivity index (χ4n) is 1.91. The highest BCUT2D eigenvalue weighted by Crippen LogP contribution is 2.25. The van der Waals surface area contributed by atoms with E-state index < -0.39 is 11.8 Å². The van der Waals surface area contributed by atoms with E-state index in [0.29, 0.717) is 11.1 Å². The Morgan fingerprint density at radius 3 is 2.55 bits per heavy atom. The van der Waals surface area contributed by atoms with Gasteiger partial charge in [-0.05, 0) is 41.5 Å². The Morgan fingerprint density at radius 2 is 1.90 bits per heavy atom. The van der Waals surface area contributed by atoms with Crippen LogP contribution in [0.15, 0.2) is 42.5 Å². The molecule has 2 N–H and O–H groups in total. The fraction of sp³-hybridized carbons (Fsp3) is 0.0667. The summed E-state index contributed by atoms with van der Waals surface area (Å²) in [5.41, 5.74) is 1.08. The highest BCUT2D eigenvalue weighted by atomic mass is 19.1. The highest BCUT2D eigenvalue weighted by Gasteiger charge is 2.14. The number of carboxylic acid groups (broad SMARTS) is 1. The van der Waals surface area contributed by atoms with Gasteiger partial charge in [-0.25, -0.2) is 9.18 Å². The van der Waals surface area contributed by atoms with E-state index >= 15 is 0 Å². The van der Waals surface area contributed by atoms with Gasteiger partial charge in [0.25, 0.3) is 5.91 Å². The summed E-state index contributed by atoms with van der Waals surface area (Å²) in [6.45, 7) is 0. The Bertz CT molecular complexity index is 683. The molecule has 4 nitrogen and oxygen atoms in total. The van der Waals surface area contributed by atoms with E-state index in [9.17, 15) is 14.0 Å². The van der Waals surface area contributed by atoms with E-state index in [-0.39, 0.29) is 17.0 Å². The number of hydrogen-bond acceptors (Lipinski definition) is 2. The van der Waals surface area contributed by atoms with Gasteiger partial charge in [0, 0.05) is 12.6 Å². The first-order valence-electron chi connectivity index (χ1n) is 5.88. The summed E-state index contributed by atoms with van der Waals surface area (Å²) in [4.78, 5) is 22.8. The summed E-state index contributed by atoms with van der Waals surface area (Å²) in [5.74, 6) is -1.97. The zero-order valence-electron chi connectivity index (χ0n) is 10.7. The lowest BCUT2D eigenvalue weighted by molar-refractivity contribution is 0.0697. The number of nitrogens with one attached hydrogen (secondary N) is 1. The second kappa shape index (κ2) is 5.52. The van der Waals surface area contributed by atoms with Crippen molar-refractivity contribution in [2.24, 2.45) is 0 Å². The van der Waals surface area contributed by atoms with Crippen LogP contribution in [0.5, 0.6) is 0 Å². The standard InChI is InChI=1S/C15H12FNO3/c1-17-14(18)10-4-2-3-9(7-10)13-8-11(16)5-6-12(13)15(19)20/h2-8H,1H3,(H,17,18)(H,19,20). The molecule has 0 fully saturated rings. The van der Waals surface area contributed by atoms with E-state index in [1.165, 1.54) is 19.2 Å². The van der Waals surface area contributed by atoms with Crippen molar-refractivity contribution in [3.05, 3.63) is 59.4 Å². The Hall–Kier alpha value is -2.69. The lowest BCUT2D eigenvalue weighted by Gasteiger charge is -2.08. The fourth-order valence-corrected chi connectivity index (χ4v) is 1.91. The predicted octanol–water partition coefficient (Wildman–Crippen LogP) is 2.55. The molecule has 2 aromatic carbocycles. The molecular formula is C15H12FNO3. The topological polar surface area (TPSA) is 66.4 Å². The van der Waals surface area contributed by atoms with E-state index in [2.05, 4.69) is 5.32 Å². The molecule has 5 heteroatoms. The largest absolute Gasteiger partial charge is 0.478 e. The van der Waals surface area contributed by atoms with Crippen molar-refractivity contribution < 1.29 is 19.1 Å². The van der Waals surface area contributed by atoms with Crippen molar-refractivity contribution in [3.63, 3.8) is 0 Å².